The number of nitrogens with one attached hydrogen (secondary N) is 1. The van der Waals surface area contributed by atoms with Crippen molar-refractivity contribution in [1.29, 1.82) is 0 Å². The Morgan fingerprint density at radius 2 is 2.05 bits per heavy atom. The molecule has 2 fully saturated rings. The zero-order valence-corrected chi connectivity index (χ0v) is 13.5. The van der Waals surface area contributed by atoms with Gasteiger partial charge in [-0.25, -0.2) is 0 Å². The molecule has 0 unspecified atom stereocenters. The minimum Gasteiger partial charge on any atom is -0.497 e. The molecule has 1 aromatic rings. The number of methoxy groups -OCH3 is 1. The molecule has 0 heterocycles. The molecule has 2 bridgehead atoms. The van der Waals surface area contributed by atoms with Crippen molar-refractivity contribution in [3.8, 4) is 5.75 Å². The maximum absolute atomic E-state index is 12.3. The van der Waals surface area contributed by atoms with Crippen molar-refractivity contribution in [2.24, 2.45) is 11.8 Å². The SMILES string of the molecule is COc1ccc(S[C@@H](C)C(=O)N[C@H]2C[C@@H]3CC[C@@H]2C3)cc1. The van der Waals surface area contributed by atoms with Crippen LogP contribution in [0.5, 0.6) is 5.75 Å². The van der Waals surface area contributed by atoms with Gasteiger partial charge >= 0.3 is 0 Å². The summed E-state index contributed by atoms with van der Waals surface area (Å²) in [5.74, 6) is 2.62. The Labute approximate surface area is 130 Å². The molecule has 2 aliphatic carbocycles. The summed E-state index contributed by atoms with van der Waals surface area (Å²) < 4.78 is 5.15. The van der Waals surface area contributed by atoms with Gasteiger partial charge in [-0.15, -0.1) is 11.8 Å². The van der Waals surface area contributed by atoms with Crippen LogP contribution in [0, 0.1) is 11.8 Å². The summed E-state index contributed by atoms with van der Waals surface area (Å²) in [6.07, 6.45) is 5.18. The summed E-state index contributed by atoms with van der Waals surface area (Å²) in [6.45, 7) is 1.98. The van der Waals surface area contributed by atoms with Crippen LogP contribution < -0.4 is 10.1 Å². The highest BCUT2D eigenvalue weighted by Gasteiger charge is 2.40. The summed E-state index contributed by atoms with van der Waals surface area (Å²) in [6, 6.07) is 8.30. The monoisotopic (exact) mass is 305 g/mol. The fourth-order valence-corrected chi connectivity index (χ4v) is 4.51. The fraction of sp³-hybridized carbons (Fsp3) is 0.588. The van der Waals surface area contributed by atoms with Gasteiger partial charge in [-0.05, 0) is 62.3 Å². The van der Waals surface area contributed by atoms with Gasteiger partial charge in [-0.1, -0.05) is 6.42 Å². The van der Waals surface area contributed by atoms with Gasteiger partial charge in [-0.3, -0.25) is 4.79 Å². The minimum absolute atomic E-state index is 0.0579. The smallest absolute Gasteiger partial charge is 0.233 e. The topological polar surface area (TPSA) is 38.3 Å². The van der Waals surface area contributed by atoms with Gasteiger partial charge in [0.05, 0.1) is 12.4 Å². The standard InChI is InChI=1S/C17H23NO2S/c1-11(21-15-7-5-14(20-2)6-8-15)17(19)18-16-10-12-3-4-13(16)9-12/h5-8,11-13,16H,3-4,9-10H2,1-2H3,(H,18,19)/t11-,12+,13+,16-/m0/s1. The van der Waals surface area contributed by atoms with Crippen LogP contribution in [0.25, 0.3) is 0 Å². The Balaban J connectivity index is 1.52. The summed E-state index contributed by atoms with van der Waals surface area (Å²) in [7, 11) is 1.66. The Hall–Kier alpha value is -1.16. The van der Waals surface area contributed by atoms with Crippen molar-refractivity contribution in [3.63, 3.8) is 0 Å². The number of ether oxygens (including phenoxy) is 1. The molecule has 0 radical (unpaired) electrons. The molecular formula is C17H23NO2S. The Kier molecular flexibility index (Phi) is 4.43. The largest absolute Gasteiger partial charge is 0.497 e. The van der Waals surface area contributed by atoms with Crippen LogP contribution in [-0.4, -0.2) is 24.3 Å². The van der Waals surface area contributed by atoms with Gasteiger partial charge in [0.2, 0.25) is 5.91 Å². The first-order valence-corrected chi connectivity index (χ1v) is 8.64. The van der Waals surface area contributed by atoms with Gasteiger partial charge in [-0.2, -0.15) is 0 Å². The van der Waals surface area contributed by atoms with E-state index in [4.69, 9.17) is 4.74 Å². The minimum atomic E-state index is -0.0579. The molecular weight excluding hydrogens is 282 g/mol. The second-order valence-corrected chi connectivity index (χ2v) is 7.64. The first-order chi connectivity index (χ1) is 10.2. The molecule has 21 heavy (non-hydrogen) atoms. The second kappa shape index (κ2) is 6.30. The molecule has 114 valence electrons. The van der Waals surface area contributed by atoms with E-state index in [2.05, 4.69) is 5.32 Å². The normalized spacial score (nSPS) is 28.4. The number of thioether (sulfide) groups is 1. The van der Waals surface area contributed by atoms with Crippen molar-refractivity contribution in [3.05, 3.63) is 24.3 Å². The first kappa shape index (κ1) is 14.8. The number of rotatable bonds is 5. The van der Waals surface area contributed by atoms with Crippen LogP contribution in [0.4, 0.5) is 0 Å². The number of amides is 1. The van der Waals surface area contributed by atoms with E-state index in [1.165, 1.54) is 25.7 Å². The lowest BCUT2D eigenvalue weighted by Crippen LogP contribution is -2.42. The van der Waals surface area contributed by atoms with Gasteiger partial charge in [0.15, 0.2) is 0 Å². The van der Waals surface area contributed by atoms with Crippen molar-refractivity contribution in [1.82, 2.24) is 5.32 Å². The van der Waals surface area contributed by atoms with Crippen LogP contribution in [-0.2, 0) is 4.79 Å². The molecule has 0 spiro atoms. The maximum Gasteiger partial charge on any atom is 0.233 e. The van der Waals surface area contributed by atoms with Crippen LogP contribution >= 0.6 is 11.8 Å². The zero-order chi connectivity index (χ0) is 14.8. The lowest BCUT2D eigenvalue weighted by Gasteiger charge is -2.24. The first-order valence-electron chi connectivity index (χ1n) is 7.77. The molecule has 0 aliphatic heterocycles. The van der Waals surface area contributed by atoms with Crippen LogP contribution in [0.2, 0.25) is 0 Å². The average molecular weight is 305 g/mol. The predicted octanol–water partition coefficient (Wildman–Crippen LogP) is 3.48. The second-order valence-electron chi connectivity index (χ2n) is 6.23. The molecule has 3 rings (SSSR count). The number of carbonyl (C=O) groups is 1. The Morgan fingerprint density at radius 1 is 1.29 bits per heavy atom. The predicted molar refractivity (Wildman–Crippen MR) is 85.7 cm³/mol. The maximum atomic E-state index is 12.3. The number of carbonyl (C=O) groups excluding carboxylic acids is 1. The van der Waals surface area contributed by atoms with Crippen LogP contribution in [0.3, 0.4) is 0 Å². The third-order valence-corrected chi connectivity index (χ3v) is 5.92. The van der Waals surface area contributed by atoms with E-state index in [1.54, 1.807) is 18.9 Å². The molecule has 0 aromatic heterocycles. The quantitative estimate of drug-likeness (QED) is 0.846. The highest BCUT2D eigenvalue weighted by atomic mass is 32.2. The van der Waals surface area contributed by atoms with Crippen LogP contribution in [0.1, 0.15) is 32.6 Å². The summed E-state index contributed by atoms with van der Waals surface area (Å²) in [5.41, 5.74) is 0. The number of fused-ring (bicyclic) bond motifs is 2. The molecule has 2 saturated carbocycles. The van der Waals surface area contributed by atoms with E-state index < -0.39 is 0 Å². The number of hydrogen-bond acceptors (Lipinski definition) is 3. The summed E-state index contributed by atoms with van der Waals surface area (Å²) in [4.78, 5) is 13.4. The zero-order valence-electron chi connectivity index (χ0n) is 12.7. The molecule has 4 atom stereocenters. The van der Waals surface area contributed by atoms with Crippen molar-refractivity contribution < 1.29 is 9.53 Å². The van der Waals surface area contributed by atoms with Gasteiger partial charge in [0, 0.05) is 10.9 Å². The highest BCUT2D eigenvalue weighted by Crippen LogP contribution is 2.44. The lowest BCUT2D eigenvalue weighted by atomic mass is 9.95. The Bertz CT molecular complexity index is 502. The van der Waals surface area contributed by atoms with Crippen molar-refractivity contribution in [2.45, 2.75) is 48.8 Å². The molecule has 3 nitrogen and oxygen atoms in total. The van der Waals surface area contributed by atoms with E-state index in [9.17, 15) is 4.79 Å². The third-order valence-electron chi connectivity index (χ3n) is 4.81. The Morgan fingerprint density at radius 3 is 2.62 bits per heavy atom. The van der Waals surface area contributed by atoms with E-state index in [0.717, 1.165) is 22.5 Å². The summed E-state index contributed by atoms with van der Waals surface area (Å²) >= 11 is 1.61. The molecule has 2 aliphatic rings. The van der Waals surface area contributed by atoms with E-state index >= 15 is 0 Å². The molecule has 1 N–H and O–H groups in total. The van der Waals surface area contributed by atoms with Gasteiger partial charge in [0.1, 0.15) is 5.75 Å². The third kappa shape index (κ3) is 3.37. The molecule has 4 heteroatoms. The molecule has 1 aromatic carbocycles. The van der Waals surface area contributed by atoms with Gasteiger partial charge < -0.3 is 10.1 Å². The highest BCUT2D eigenvalue weighted by molar-refractivity contribution is 8.00. The fourth-order valence-electron chi connectivity index (χ4n) is 3.63. The average Bonchev–Trinajstić information content (AvgIpc) is 3.10. The van der Waals surface area contributed by atoms with Crippen LogP contribution in [0.15, 0.2) is 29.2 Å². The van der Waals surface area contributed by atoms with Crippen molar-refractivity contribution >= 4 is 17.7 Å². The van der Waals surface area contributed by atoms with E-state index in [1.807, 2.05) is 31.2 Å². The van der Waals surface area contributed by atoms with Gasteiger partial charge in [0.25, 0.3) is 0 Å². The van der Waals surface area contributed by atoms with E-state index in [-0.39, 0.29) is 11.2 Å². The molecule has 0 saturated heterocycles. The lowest BCUT2D eigenvalue weighted by molar-refractivity contribution is -0.121. The number of hydrogen-bond donors (Lipinski definition) is 1. The number of benzene rings is 1. The summed E-state index contributed by atoms with van der Waals surface area (Å²) in [5, 5.41) is 3.21. The molecule has 1 amide bonds. The van der Waals surface area contributed by atoms with Crippen molar-refractivity contribution in [2.75, 3.05) is 7.11 Å². The van der Waals surface area contributed by atoms with E-state index in [0.29, 0.717) is 6.04 Å².